The van der Waals surface area contributed by atoms with Gasteiger partial charge < -0.3 is 0 Å². The van der Waals surface area contributed by atoms with Crippen LogP contribution in [0.25, 0.3) is 0 Å². The molecule has 0 atom stereocenters. The summed E-state index contributed by atoms with van der Waals surface area (Å²) in [7, 11) is 2.81. The second-order valence-electron chi connectivity index (χ2n) is 5.25. The Morgan fingerprint density at radius 2 is 1.96 bits per heavy atom. The predicted molar refractivity (Wildman–Crippen MR) is 97.0 cm³/mol. The minimum absolute atomic E-state index is 0.0352. The summed E-state index contributed by atoms with van der Waals surface area (Å²) in [5.74, 6) is -0.406. The molecule has 1 aromatic carbocycles. The Morgan fingerprint density at radius 1 is 1.28 bits per heavy atom. The van der Waals surface area contributed by atoms with Crippen LogP contribution in [0, 0.1) is 0 Å². The maximum Gasteiger partial charge on any atom is 0.346 e. The number of aryl methyl sites for hydroxylation is 2. The molecule has 0 radical (unpaired) electrons. The zero-order valence-electron chi connectivity index (χ0n) is 14.2. The summed E-state index contributed by atoms with van der Waals surface area (Å²) >= 11 is 0.953. The van der Waals surface area contributed by atoms with Crippen molar-refractivity contribution in [3.63, 3.8) is 0 Å². The van der Waals surface area contributed by atoms with Gasteiger partial charge >= 0.3 is 5.69 Å². The van der Waals surface area contributed by atoms with E-state index in [1.165, 1.54) is 19.7 Å². The van der Waals surface area contributed by atoms with E-state index in [-0.39, 0.29) is 16.7 Å². The summed E-state index contributed by atoms with van der Waals surface area (Å²) in [5.41, 5.74) is 3.45. The van der Waals surface area contributed by atoms with E-state index >= 15 is 0 Å². The first-order valence-corrected chi connectivity index (χ1v) is 8.59. The van der Waals surface area contributed by atoms with Gasteiger partial charge in [0.2, 0.25) is 5.91 Å². The highest BCUT2D eigenvalue weighted by Crippen LogP contribution is 2.08. The van der Waals surface area contributed by atoms with Crippen molar-refractivity contribution in [3.05, 3.63) is 56.2 Å². The number of carbonyl (C=O) groups excluding carboxylic acids is 1. The van der Waals surface area contributed by atoms with Gasteiger partial charge in [0, 0.05) is 14.1 Å². The SMILES string of the molecule is CCc1ccc(/C=N\NC(=O)CSc2nn(C)c(=O)n(C)c2=O)cc1. The average molecular weight is 361 g/mol. The highest BCUT2D eigenvalue weighted by Gasteiger charge is 2.11. The lowest BCUT2D eigenvalue weighted by Crippen LogP contribution is -2.39. The first-order chi connectivity index (χ1) is 11.9. The minimum atomic E-state index is -0.527. The van der Waals surface area contributed by atoms with E-state index in [0.29, 0.717) is 0 Å². The fraction of sp³-hybridized carbons (Fsp3) is 0.312. The van der Waals surface area contributed by atoms with Crippen LogP contribution in [0.1, 0.15) is 18.1 Å². The third kappa shape index (κ3) is 4.90. The maximum atomic E-state index is 11.9. The summed E-state index contributed by atoms with van der Waals surface area (Å²) in [4.78, 5) is 35.3. The molecule has 0 saturated heterocycles. The van der Waals surface area contributed by atoms with Gasteiger partial charge in [0.1, 0.15) is 0 Å². The topological polar surface area (TPSA) is 98.3 Å². The number of hydrogen-bond acceptors (Lipinski definition) is 6. The fourth-order valence-corrected chi connectivity index (χ4v) is 2.72. The van der Waals surface area contributed by atoms with E-state index in [1.807, 2.05) is 24.3 Å². The molecule has 0 bridgehead atoms. The van der Waals surface area contributed by atoms with Gasteiger partial charge in [0.05, 0.1) is 12.0 Å². The number of hydrazone groups is 1. The Kier molecular flexibility index (Phi) is 6.29. The van der Waals surface area contributed by atoms with Crippen molar-refractivity contribution in [2.75, 3.05) is 5.75 Å². The maximum absolute atomic E-state index is 11.9. The fourth-order valence-electron chi connectivity index (χ4n) is 1.94. The molecule has 0 aliphatic rings. The monoisotopic (exact) mass is 361 g/mol. The van der Waals surface area contributed by atoms with E-state index in [1.54, 1.807) is 6.21 Å². The first-order valence-electron chi connectivity index (χ1n) is 7.60. The van der Waals surface area contributed by atoms with Crippen LogP contribution in [0.4, 0.5) is 0 Å². The third-order valence-electron chi connectivity index (χ3n) is 3.42. The molecule has 25 heavy (non-hydrogen) atoms. The summed E-state index contributed by atoms with van der Waals surface area (Å²) in [5, 5.41) is 7.83. The average Bonchev–Trinajstić information content (AvgIpc) is 2.62. The number of thioether (sulfide) groups is 1. The molecule has 0 aliphatic heterocycles. The zero-order valence-corrected chi connectivity index (χ0v) is 15.0. The van der Waals surface area contributed by atoms with Gasteiger partial charge in [0.15, 0.2) is 5.03 Å². The molecular formula is C16H19N5O3S. The Balaban J connectivity index is 1.91. The van der Waals surface area contributed by atoms with Gasteiger partial charge in [-0.3, -0.25) is 14.2 Å². The van der Waals surface area contributed by atoms with Gasteiger partial charge in [-0.25, -0.2) is 14.9 Å². The molecule has 1 amide bonds. The molecule has 0 fully saturated rings. The smallest absolute Gasteiger partial charge is 0.272 e. The highest BCUT2D eigenvalue weighted by molar-refractivity contribution is 7.99. The summed E-state index contributed by atoms with van der Waals surface area (Å²) in [6, 6.07) is 7.84. The molecule has 1 aromatic heterocycles. The first kappa shape index (κ1) is 18.7. The largest absolute Gasteiger partial charge is 0.346 e. The van der Waals surface area contributed by atoms with E-state index in [4.69, 9.17) is 0 Å². The normalized spacial score (nSPS) is 11.0. The number of nitrogens with one attached hydrogen (secondary N) is 1. The number of carbonyl (C=O) groups is 1. The van der Waals surface area contributed by atoms with Gasteiger partial charge in [0.25, 0.3) is 5.56 Å². The van der Waals surface area contributed by atoms with Crippen molar-refractivity contribution in [2.24, 2.45) is 19.2 Å². The molecule has 0 unspecified atom stereocenters. The van der Waals surface area contributed by atoms with Gasteiger partial charge in [-0.2, -0.15) is 10.2 Å². The molecule has 0 aliphatic carbocycles. The van der Waals surface area contributed by atoms with Crippen molar-refractivity contribution < 1.29 is 4.79 Å². The number of nitrogens with zero attached hydrogens (tertiary/aromatic N) is 4. The molecule has 1 N–H and O–H groups in total. The second-order valence-corrected chi connectivity index (χ2v) is 6.22. The number of rotatable bonds is 6. The van der Waals surface area contributed by atoms with E-state index < -0.39 is 11.2 Å². The highest BCUT2D eigenvalue weighted by atomic mass is 32.2. The van der Waals surface area contributed by atoms with Crippen LogP contribution in [-0.2, 0) is 25.3 Å². The lowest BCUT2D eigenvalue weighted by atomic mass is 10.1. The van der Waals surface area contributed by atoms with Crippen LogP contribution >= 0.6 is 11.8 Å². The van der Waals surface area contributed by atoms with Crippen molar-refractivity contribution >= 4 is 23.9 Å². The number of amides is 1. The Labute approximate surface area is 148 Å². The van der Waals surface area contributed by atoms with E-state index in [2.05, 4.69) is 22.5 Å². The van der Waals surface area contributed by atoms with Crippen LogP contribution in [0.2, 0.25) is 0 Å². The molecule has 9 heteroatoms. The van der Waals surface area contributed by atoms with E-state index in [9.17, 15) is 14.4 Å². The van der Waals surface area contributed by atoms with Crippen molar-refractivity contribution in [3.8, 4) is 0 Å². The number of hydrogen-bond donors (Lipinski definition) is 1. The van der Waals surface area contributed by atoms with Crippen LogP contribution in [0.5, 0.6) is 0 Å². The molecule has 0 saturated carbocycles. The standard InChI is InChI=1S/C16H19N5O3S/c1-4-11-5-7-12(8-6-11)9-17-18-13(22)10-25-14-15(23)20(2)16(24)21(3)19-14/h5-9H,4,10H2,1-3H3,(H,18,22)/b17-9-. The molecule has 2 aromatic rings. The minimum Gasteiger partial charge on any atom is -0.272 e. The van der Waals surface area contributed by atoms with Crippen LogP contribution < -0.4 is 16.7 Å². The molecule has 2 rings (SSSR count). The number of benzene rings is 1. The van der Waals surface area contributed by atoms with Crippen LogP contribution in [0.3, 0.4) is 0 Å². The van der Waals surface area contributed by atoms with Gasteiger partial charge in [-0.1, -0.05) is 43.0 Å². The Hall–Kier alpha value is -2.68. The van der Waals surface area contributed by atoms with Crippen molar-refractivity contribution in [1.82, 2.24) is 19.8 Å². The quantitative estimate of drug-likeness (QED) is 0.453. The number of aromatic nitrogens is 3. The van der Waals surface area contributed by atoms with E-state index in [0.717, 1.165) is 33.0 Å². The summed E-state index contributed by atoms with van der Waals surface area (Å²) in [6.07, 6.45) is 2.51. The van der Waals surface area contributed by atoms with Crippen LogP contribution in [-0.4, -0.2) is 32.2 Å². The summed E-state index contributed by atoms with van der Waals surface area (Å²) < 4.78 is 2.01. The predicted octanol–water partition coefficient (Wildman–Crippen LogP) is 0.284. The lowest BCUT2D eigenvalue weighted by molar-refractivity contribution is -0.118. The molecular weight excluding hydrogens is 342 g/mol. The lowest BCUT2D eigenvalue weighted by Gasteiger charge is -2.04. The Morgan fingerprint density at radius 3 is 2.60 bits per heavy atom. The molecule has 1 heterocycles. The van der Waals surface area contributed by atoms with Crippen molar-refractivity contribution in [1.29, 1.82) is 0 Å². The molecule has 132 valence electrons. The summed E-state index contributed by atoms with van der Waals surface area (Å²) in [6.45, 7) is 2.08. The van der Waals surface area contributed by atoms with Gasteiger partial charge in [-0.15, -0.1) is 0 Å². The van der Waals surface area contributed by atoms with Crippen molar-refractivity contribution in [2.45, 2.75) is 18.4 Å². The van der Waals surface area contributed by atoms with Gasteiger partial charge in [-0.05, 0) is 17.5 Å². The van der Waals surface area contributed by atoms with Crippen LogP contribution in [0.15, 0.2) is 44.0 Å². The molecule has 8 nitrogen and oxygen atoms in total. The zero-order chi connectivity index (χ0) is 18.4. The Bertz CT molecular complexity index is 899. The second kappa shape index (κ2) is 8.43. The third-order valence-corrected chi connectivity index (χ3v) is 4.36. The molecule has 0 spiro atoms.